The number of nitrogens with zero attached hydrogens (tertiary/aromatic N) is 1. The minimum atomic E-state index is -3.35. The third-order valence-electron chi connectivity index (χ3n) is 5.36. The molecule has 29 heavy (non-hydrogen) atoms. The summed E-state index contributed by atoms with van der Waals surface area (Å²) >= 11 is 0. The Bertz CT molecular complexity index is 708. The molecule has 0 spiro atoms. The third kappa shape index (κ3) is 9.63. The average Bonchev–Trinajstić information content (AvgIpc) is 3.17. The monoisotopic (exact) mass is 538 g/mol. The standard InChI is InChI=1S/C20H34N4O3S.HI/c1-21-19(23-17-20(12-14-27-2)10-6-7-11-20)22-13-15-28(25,26)24-16-18-8-4-3-5-9-18;/h3-5,8-9,24H,6-7,10-17H2,1-2H3,(H2,21,22,23);1H. The van der Waals surface area contributed by atoms with Crippen LogP contribution in [0.4, 0.5) is 0 Å². The molecular formula is C20H35IN4O3S. The number of methoxy groups -OCH3 is 1. The van der Waals surface area contributed by atoms with Gasteiger partial charge in [-0.05, 0) is 30.2 Å². The van der Waals surface area contributed by atoms with Crippen molar-refractivity contribution in [2.24, 2.45) is 10.4 Å². The summed E-state index contributed by atoms with van der Waals surface area (Å²) in [5.41, 5.74) is 1.19. The molecule has 0 atom stereocenters. The minimum Gasteiger partial charge on any atom is -0.385 e. The molecule has 2 rings (SSSR count). The van der Waals surface area contributed by atoms with Crippen molar-refractivity contribution in [1.29, 1.82) is 0 Å². The molecule has 0 aliphatic heterocycles. The lowest BCUT2D eigenvalue weighted by Crippen LogP contribution is -2.45. The summed E-state index contributed by atoms with van der Waals surface area (Å²) < 4.78 is 32.3. The highest BCUT2D eigenvalue weighted by Crippen LogP contribution is 2.40. The van der Waals surface area contributed by atoms with Gasteiger partial charge >= 0.3 is 0 Å². The van der Waals surface area contributed by atoms with Crippen LogP contribution in [0.1, 0.15) is 37.7 Å². The Balaban J connectivity index is 0.00000420. The molecule has 166 valence electrons. The molecule has 9 heteroatoms. The second-order valence-corrected chi connectivity index (χ2v) is 9.35. The van der Waals surface area contributed by atoms with Crippen molar-refractivity contribution in [2.45, 2.75) is 38.6 Å². The highest BCUT2D eigenvalue weighted by molar-refractivity contribution is 14.0. The molecule has 1 fully saturated rings. The topological polar surface area (TPSA) is 91.8 Å². The van der Waals surface area contributed by atoms with Gasteiger partial charge in [0.1, 0.15) is 0 Å². The molecule has 0 amide bonds. The zero-order valence-electron chi connectivity index (χ0n) is 17.4. The Morgan fingerprint density at radius 1 is 1.17 bits per heavy atom. The van der Waals surface area contributed by atoms with Crippen LogP contribution in [0.3, 0.4) is 0 Å². The van der Waals surface area contributed by atoms with Gasteiger partial charge in [0.25, 0.3) is 0 Å². The van der Waals surface area contributed by atoms with Crippen LogP contribution < -0.4 is 15.4 Å². The van der Waals surface area contributed by atoms with Crippen molar-refractivity contribution >= 4 is 40.0 Å². The van der Waals surface area contributed by atoms with Crippen molar-refractivity contribution in [3.63, 3.8) is 0 Å². The van der Waals surface area contributed by atoms with E-state index in [1.165, 1.54) is 25.7 Å². The second kappa shape index (κ2) is 13.4. The normalized spacial score (nSPS) is 16.3. The number of benzene rings is 1. The fourth-order valence-electron chi connectivity index (χ4n) is 3.62. The second-order valence-electron chi connectivity index (χ2n) is 7.43. The predicted octanol–water partition coefficient (Wildman–Crippen LogP) is 2.49. The van der Waals surface area contributed by atoms with Gasteiger partial charge in [-0.1, -0.05) is 43.2 Å². The number of nitrogens with one attached hydrogen (secondary N) is 3. The number of guanidine groups is 1. The van der Waals surface area contributed by atoms with E-state index in [2.05, 4.69) is 20.3 Å². The molecule has 1 aliphatic rings. The Morgan fingerprint density at radius 3 is 2.48 bits per heavy atom. The maximum atomic E-state index is 12.2. The van der Waals surface area contributed by atoms with Crippen molar-refractivity contribution in [2.75, 3.05) is 39.6 Å². The molecule has 7 nitrogen and oxygen atoms in total. The van der Waals surface area contributed by atoms with Crippen LogP contribution in [-0.4, -0.2) is 54.0 Å². The van der Waals surface area contributed by atoms with E-state index in [-0.39, 0.29) is 35.1 Å². The molecule has 1 saturated carbocycles. The molecule has 1 aliphatic carbocycles. The molecule has 0 aromatic heterocycles. The van der Waals surface area contributed by atoms with Crippen molar-refractivity contribution in [1.82, 2.24) is 15.4 Å². The van der Waals surface area contributed by atoms with Gasteiger partial charge in [0.2, 0.25) is 10.0 Å². The summed E-state index contributed by atoms with van der Waals surface area (Å²) in [6, 6.07) is 9.49. The highest BCUT2D eigenvalue weighted by atomic mass is 127. The van der Waals surface area contributed by atoms with Gasteiger partial charge in [0, 0.05) is 40.4 Å². The molecule has 1 aromatic carbocycles. The van der Waals surface area contributed by atoms with E-state index in [0.717, 1.165) is 25.1 Å². The zero-order chi connectivity index (χ0) is 20.3. The molecule has 0 heterocycles. The van der Waals surface area contributed by atoms with Crippen molar-refractivity contribution < 1.29 is 13.2 Å². The van der Waals surface area contributed by atoms with Crippen LogP contribution in [-0.2, 0) is 21.3 Å². The minimum absolute atomic E-state index is 0. The number of rotatable bonds is 11. The fourth-order valence-corrected chi connectivity index (χ4v) is 4.52. The number of halogens is 1. The van der Waals surface area contributed by atoms with Crippen molar-refractivity contribution in [3.05, 3.63) is 35.9 Å². The van der Waals surface area contributed by atoms with E-state index >= 15 is 0 Å². The largest absolute Gasteiger partial charge is 0.385 e. The van der Waals surface area contributed by atoms with Gasteiger partial charge in [-0.25, -0.2) is 13.1 Å². The van der Waals surface area contributed by atoms with E-state index < -0.39 is 10.0 Å². The third-order valence-corrected chi connectivity index (χ3v) is 6.68. The summed E-state index contributed by atoms with van der Waals surface area (Å²) in [6.07, 6.45) is 5.92. The molecule has 0 saturated heterocycles. The van der Waals surface area contributed by atoms with Crippen LogP contribution in [0, 0.1) is 5.41 Å². The first-order chi connectivity index (χ1) is 13.5. The van der Waals surface area contributed by atoms with Gasteiger partial charge in [-0.3, -0.25) is 4.99 Å². The van der Waals surface area contributed by atoms with E-state index in [0.29, 0.717) is 19.0 Å². The lowest BCUT2D eigenvalue weighted by atomic mass is 9.83. The summed E-state index contributed by atoms with van der Waals surface area (Å²) in [7, 11) is 0.0911. The first kappa shape index (κ1) is 26.1. The van der Waals surface area contributed by atoms with E-state index in [1.54, 1.807) is 14.2 Å². The quantitative estimate of drug-likeness (QED) is 0.229. The first-order valence-electron chi connectivity index (χ1n) is 9.93. The zero-order valence-corrected chi connectivity index (χ0v) is 20.6. The Labute approximate surface area is 192 Å². The van der Waals surface area contributed by atoms with Gasteiger partial charge in [0.15, 0.2) is 5.96 Å². The van der Waals surface area contributed by atoms with Crippen LogP contribution in [0.25, 0.3) is 0 Å². The molecule has 1 aromatic rings. The predicted molar refractivity (Wildman–Crippen MR) is 129 cm³/mol. The van der Waals surface area contributed by atoms with Crippen LogP contribution in [0.5, 0.6) is 0 Å². The Morgan fingerprint density at radius 2 is 1.86 bits per heavy atom. The molecule has 0 unspecified atom stereocenters. The van der Waals surface area contributed by atoms with E-state index in [4.69, 9.17) is 4.74 Å². The average molecular weight is 538 g/mol. The summed E-state index contributed by atoms with van der Waals surface area (Å²) in [5, 5.41) is 6.48. The number of ether oxygens (including phenoxy) is 1. The first-order valence-corrected chi connectivity index (χ1v) is 11.6. The summed E-state index contributed by atoms with van der Waals surface area (Å²) in [4.78, 5) is 4.22. The molecular weight excluding hydrogens is 503 g/mol. The maximum Gasteiger partial charge on any atom is 0.213 e. The number of aliphatic imine (C=N–C) groups is 1. The summed E-state index contributed by atoms with van der Waals surface area (Å²) in [5.74, 6) is 0.636. The maximum absolute atomic E-state index is 12.2. The SMILES string of the molecule is CN=C(NCCS(=O)(=O)NCc1ccccc1)NCC1(CCOC)CCCC1.I. The Hall–Kier alpha value is -0.910. The molecule has 3 N–H and O–H groups in total. The number of sulfonamides is 1. The van der Waals surface area contributed by atoms with Crippen LogP contribution in [0.15, 0.2) is 35.3 Å². The van der Waals surface area contributed by atoms with Crippen molar-refractivity contribution in [3.8, 4) is 0 Å². The lowest BCUT2D eigenvalue weighted by Gasteiger charge is -2.29. The van der Waals surface area contributed by atoms with Crippen LogP contribution in [0.2, 0.25) is 0 Å². The van der Waals surface area contributed by atoms with Gasteiger partial charge < -0.3 is 15.4 Å². The summed E-state index contributed by atoms with van der Waals surface area (Å²) in [6.45, 7) is 2.20. The Kier molecular flexibility index (Phi) is 12.1. The number of hydrogen-bond acceptors (Lipinski definition) is 4. The smallest absolute Gasteiger partial charge is 0.213 e. The van der Waals surface area contributed by atoms with Gasteiger partial charge in [-0.15, -0.1) is 24.0 Å². The van der Waals surface area contributed by atoms with E-state index in [9.17, 15) is 8.42 Å². The molecule has 0 bridgehead atoms. The van der Waals surface area contributed by atoms with Gasteiger partial charge in [-0.2, -0.15) is 0 Å². The van der Waals surface area contributed by atoms with Gasteiger partial charge in [0.05, 0.1) is 5.75 Å². The highest BCUT2D eigenvalue weighted by Gasteiger charge is 2.33. The van der Waals surface area contributed by atoms with E-state index in [1.807, 2.05) is 30.3 Å². The lowest BCUT2D eigenvalue weighted by molar-refractivity contribution is 0.138. The fraction of sp³-hybridized carbons (Fsp3) is 0.650. The number of hydrogen-bond donors (Lipinski definition) is 3. The van der Waals surface area contributed by atoms with Crippen LogP contribution >= 0.6 is 24.0 Å². The molecule has 0 radical (unpaired) electrons.